The first kappa shape index (κ1) is 15.5. The van der Waals surface area contributed by atoms with Crippen LogP contribution in [0.5, 0.6) is 5.75 Å². The second-order valence-electron chi connectivity index (χ2n) is 5.40. The fourth-order valence-electron chi connectivity index (χ4n) is 2.53. The van der Waals surface area contributed by atoms with E-state index in [1.807, 2.05) is 6.92 Å². The second-order valence-corrected chi connectivity index (χ2v) is 5.40. The van der Waals surface area contributed by atoms with E-state index in [0.717, 1.165) is 30.6 Å². The Morgan fingerprint density at radius 3 is 3.17 bits per heavy atom. The third-order valence-corrected chi connectivity index (χ3v) is 3.67. The van der Waals surface area contributed by atoms with Crippen molar-refractivity contribution in [1.82, 2.24) is 15.5 Å². The molecule has 1 aliphatic rings. The van der Waals surface area contributed by atoms with Gasteiger partial charge in [-0.05, 0) is 18.6 Å². The molecule has 0 fully saturated rings. The van der Waals surface area contributed by atoms with Gasteiger partial charge in [-0.3, -0.25) is 9.89 Å². The summed E-state index contributed by atoms with van der Waals surface area (Å²) in [6.07, 6.45) is 1.61. The molecule has 0 saturated carbocycles. The lowest BCUT2D eigenvalue weighted by atomic mass is 10.1. The van der Waals surface area contributed by atoms with Gasteiger partial charge in [0.05, 0.1) is 12.3 Å². The minimum absolute atomic E-state index is 0.322. The Morgan fingerprint density at radius 1 is 1.48 bits per heavy atom. The highest BCUT2D eigenvalue weighted by molar-refractivity contribution is 6.04. The van der Waals surface area contributed by atoms with E-state index in [0.29, 0.717) is 30.3 Å². The summed E-state index contributed by atoms with van der Waals surface area (Å²) in [5, 5.41) is 13.0. The fraction of sp³-hybridized carbons (Fsp3) is 0.375. The number of aromatic nitrogens is 2. The number of nitrogens with zero attached hydrogens (tertiary/aromatic N) is 1. The second kappa shape index (κ2) is 6.78. The summed E-state index contributed by atoms with van der Waals surface area (Å²) >= 11 is 0. The Labute approximate surface area is 133 Å². The first-order chi connectivity index (χ1) is 11.2. The SMILES string of the molecule is CCCOc1cc(F)ccc1NC(=O)c1n[nH]c2c1CNCC2. The van der Waals surface area contributed by atoms with Crippen molar-refractivity contribution in [3.63, 3.8) is 0 Å². The average Bonchev–Trinajstić information content (AvgIpc) is 2.99. The number of amides is 1. The number of ether oxygens (including phenoxy) is 1. The normalized spacial score (nSPS) is 13.5. The molecule has 1 aromatic carbocycles. The quantitative estimate of drug-likeness (QED) is 0.790. The van der Waals surface area contributed by atoms with Crippen LogP contribution in [0.15, 0.2) is 18.2 Å². The number of carbonyl (C=O) groups is 1. The molecule has 2 aromatic rings. The van der Waals surface area contributed by atoms with Gasteiger partial charge in [0.15, 0.2) is 5.69 Å². The van der Waals surface area contributed by atoms with Crippen LogP contribution < -0.4 is 15.4 Å². The van der Waals surface area contributed by atoms with Crippen LogP contribution >= 0.6 is 0 Å². The molecule has 3 rings (SSSR count). The average molecular weight is 318 g/mol. The summed E-state index contributed by atoms with van der Waals surface area (Å²) in [5.74, 6) is -0.419. The summed E-state index contributed by atoms with van der Waals surface area (Å²) in [5.41, 5.74) is 2.66. The number of anilines is 1. The number of hydrogen-bond donors (Lipinski definition) is 3. The molecule has 0 saturated heterocycles. The van der Waals surface area contributed by atoms with Gasteiger partial charge in [0.1, 0.15) is 11.6 Å². The van der Waals surface area contributed by atoms with Crippen molar-refractivity contribution in [1.29, 1.82) is 0 Å². The molecule has 0 bridgehead atoms. The van der Waals surface area contributed by atoms with Crippen molar-refractivity contribution in [3.8, 4) is 5.75 Å². The van der Waals surface area contributed by atoms with E-state index >= 15 is 0 Å². The molecule has 2 heterocycles. The third kappa shape index (κ3) is 3.34. The molecule has 0 radical (unpaired) electrons. The molecular weight excluding hydrogens is 299 g/mol. The molecule has 122 valence electrons. The predicted molar refractivity (Wildman–Crippen MR) is 84.1 cm³/mol. The molecular formula is C16H19FN4O2. The van der Waals surface area contributed by atoms with Crippen molar-refractivity contribution in [2.24, 2.45) is 0 Å². The summed E-state index contributed by atoms with van der Waals surface area (Å²) in [4.78, 5) is 12.5. The van der Waals surface area contributed by atoms with Gasteiger partial charge in [0, 0.05) is 36.8 Å². The molecule has 0 unspecified atom stereocenters. The lowest BCUT2D eigenvalue weighted by Gasteiger charge is -2.14. The first-order valence-corrected chi connectivity index (χ1v) is 7.69. The molecule has 1 aliphatic heterocycles. The molecule has 0 atom stereocenters. The number of fused-ring (bicyclic) bond motifs is 1. The Balaban J connectivity index is 1.81. The van der Waals surface area contributed by atoms with Gasteiger partial charge in [0.2, 0.25) is 0 Å². The van der Waals surface area contributed by atoms with Crippen molar-refractivity contribution < 1.29 is 13.9 Å². The van der Waals surface area contributed by atoms with E-state index < -0.39 is 5.82 Å². The number of nitrogens with one attached hydrogen (secondary N) is 3. The number of rotatable bonds is 5. The molecule has 0 spiro atoms. The maximum absolute atomic E-state index is 13.4. The Hall–Kier alpha value is -2.41. The van der Waals surface area contributed by atoms with Gasteiger partial charge in [-0.15, -0.1) is 0 Å². The van der Waals surface area contributed by atoms with Crippen molar-refractivity contribution in [2.75, 3.05) is 18.5 Å². The monoisotopic (exact) mass is 318 g/mol. The number of hydrogen-bond acceptors (Lipinski definition) is 4. The first-order valence-electron chi connectivity index (χ1n) is 7.69. The van der Waals surface area contributed by atoms with Crippen LogP contribution in [0.3, 0.4) is 0 Å². The van der Waals surface area contributed by atoms with Crippen molar-refractivity contribution in [2.45, 2.75) is 26.3 Å². The lowest BCUT2D eigenvalue weighted by molar-refractivity contribution is 0.102. The maximum atomic E-state index is 13.4. The molecule has 1 amide bonds. The van der Waals surface area contributed by atoms with E-state index in [1.165, 1.54) is 18.2 Å². The van der Waals surface area contributed by atoms with Gasteiger partial charge < -0.3 is 15.4 Å². The van der Waals surface area contributed by atoms with Crippen LogP contribution in [-0.4, -0.2) is 29.3 Å². The van der Waals surface area contributed by atoms with E-state index in [2.05, 4.69) is 20.8 Å². The van der Waals surface area contributed by atoms with Gasteiger partial charge in [-0.2, -0.15) is 5.10 Å². The highest BCUT2D eigenvalue weighted by Gasteiger charge is 2.22. The highest BCUT2D eigenvalue weighted by atomic mass is 19.1. The van der Waals surface area contributed by atoms with Crippen LogP contribution in [0.25, 0.3) is 0 Å². The predicted octanol–water partition coefficient (Wildman–Crippen LogP) is 2.24. The topological polar surface area (TPSA) is 79.0 Å². The number of benzene rings is 1. The van der Waals surface area contributed by atoms with Crippen LogP contribution in [0, 0.1) is 5.82 Å². The summed E-state index contributed by atoms with van der Waals surface area (Å²) in [6, 6.07) is 4.05. The van der Waals surface area contributed by atoms with Crippen LogP contribution in [0.4, 0.5) is 10.1 Å². The van der Waals surface area contributed by atoms with Gasteiger partial charge in [-0.25, -0.2) is 4.39 Å². The van der Waals surface area contributed by atoms with E-state index in [-0.39, 0.29) is 5.91 Å². The molecule has 0 aliphatic carbocycles. The van der Waals surface area contributed by atoms with Gasteiger partial charge in [0.25, 0.3) is 5.91 Å². The van der Waals surface area contributed by atoms with Crippen LogP contribution in [-0.2, 0) is 13.0 Å². The summed E-state index contributed by atoms with van der Waals surface area (Å²) < 4.78 is 18.9. The number of aromatic amines is 1. The Bertz CT molecular complexity index is 714. The molecule has 6 nitrogen and oxygen atoms in total. The Kier molecular flexibility index (Phi) is 4.57. The fourth-order valence-corrected chi connectivity index (χ4v) is 2.53. The summed E-state index contributed by atoms with van der Waals surface area (Å²) in [7, 11) is 0. The molecule has 7 heteroatoms. The smallest absolute Gasteiger partial charge is 0.276 e. The van der Waals surface area contributed by atoms with Gasteiger partial charge >= 0.3 is 0 Å². The highest BCUT2D eigenvalue weighted by Crippen LogP contribution is 2.27. The standard InChI is InChI=1S/C16H19FN4O2/c1-2-7-23-14-8-10(17)3-4-13(14)19-16(22)15-11-9-18-6-5-12(11)20-21-15/h3-4,8,18H,2,5-7,9H2,1H3,(H,19,22)(H,20,21). The maximum Gasteiger partial charge on any atom is 0.276 e. The minimum Gasteiger partial charge on any atom is -0.491 e. The van der Waals surface area contributed by atoms with E-state index in [9.17, 15) is 9.18 Å². The number of H-pyrrole nitrogens is 1. The molecule has 1 aromatic heterocycles. The zero-order chi connectivity index (χ0) is 16.2. The summed E-state index contributed by atoms with van der Waals surface area (Å²) in [6.45, 7) is 3.88. The number of halogens is 1. The van der Waals surface area contributed by atoms with E-state index in [1.54, 1.807) is 0 Å². The largest absolute Gasteiger partial charge is 0.491 e. The lowest BCUT2D eigenvalue weighted by Crippen LogP contribution is -2.25. The van der Waals surface area contributed by atoms with Crippen LogP contribution in [0.2, 0.25) is 0 Å². The van der Waals surface area contributed by atoms with Crippen LogP contribution in [0.1, 0.15) is 35.1 Å². The third-order valence-electron chi connectivity index (χ3n) is 3.67. The Morgan fingerprint density at radius 2 is 2.35 bits per heavy atom. The van der Waals surface area contributed by atoms with Crippen molar-refractivity contribution in [3.05, 3.63) is 41.0 Å². The van der Waals surface area contributed by atoms with Crippen molar-refractivity contribution >= 4 is 11.6 Å². The molecule has 3 N–H and O–H groups in total. The number of carbonyl (C=O) groups excluding carboxylic acids is 1. The molecule has 23 heavy (non-hydrogen) atoms. The minimum atomic E-state index is -0.407. The van der Waals surface area contributed by atoms with Gasteiger partial charge in [-0.1, -0.05) is 6.92 Å². The zero-order valence-electron chi connectivity index (χ0n) is 12.9. The van der Waals surface area contributed by atoms with E-state index in [4.69, 9.17) is 4.74 Å². The zero-order valence-corrected chi connectivity index (χ0v) is 12.9.